The molecule has 0 saturated heterocycles. The third-order valence-corrected chi connectivity index (χ3v) is 10.5. The zero-order chi connectivity index (χ0) is 30.6. The quantitative estimate of drug-likeness (QED) is 0.142. The van der Waals surface area contributed by atoms with Gasteiger partial charge >= 0.3 is 0 Å². The second-order valence-electron chi connectivity index (χ2n) is 12.9. The molecular formula is C33H64BN2O3. The standard InChI is InChI=1S/C33H64BN2O3/c1-14-27(15-2)29(38)28(16-3)22-24(8)21-25(9)23-36(20-7)33(13,19-6)31(11,17-4)30(39)34-35-32(12,18-5)26(10)37/h24-25,27-28,35H,14-23H2,1-13H3. The lowest BCUT2D eigenvalue weighted by molar-refractivity contribution is -0.131. The van der Waals surface area contributed by atoms with Crippen LogP contribution >= 0.6 is 0 Å². The molecule has 0 heterocycles. The van der Waals surface area contributed by atoms with Gasteiger partial charge in [-0.05, 0) is 90.5 Å². The molecule has 0 aliphatic carbocycles. The fraction of sp³-hybridized carbons (Fsp3) is 0.909. The lowest BCUT2D eigenvalue weighted by atomic mass is 9.56. The molecule has 0 aromatic rings. The molecule has 6 unspecified atom stereocenters. The fourth-order valence-corrected chi connectivity index (χ4v) is 6.53. The summed E-state index contributed by atoms with van der Waals surface area (Å²) in [5.41, 5.74) is -1.61. The van der Waals surface area contributed by atoms with Crippen molar-refractivity contribution in [1.82, 2.24) is 10.1 Å². The smallest absolute Gasteiger partial charge is 0.296 e. The summed E-state index contributed by atoms with van der Waals surface area (Å²) in [5.74, 6) is 1.78. The Kier molecular flexibility index (Phi) is 16.6. The minimum absolute atomic E-state index is 0.0376. The van der Waals surface area contributed by atoms with Gasteiger partial charge in [0.1, 0.15) is 17.2 Å². The van der Waals surface area contributed by atoms with Gasteiger partial charge in [-0.25, -0.2) is 0 Å². The predicted molar refractivity (Wildman–Crippen MR) is 168 cm³/mol. The maximum atomic E-state index is 13.8. The van der Waals surface area contributed by atoms with Crippen molar-refractivity contribution in [1.29, 1.82) is 0 Å². The zero-order valence-corrected chi connectivity index (χ0v) is 28.1. The van der Waals surface area contributed by atoms with Crippen molar-refractivity contribution in [2.45, 2.75) is 152 Å². The molecule has 0 bridgehead atoms. The highest BCUT2D eigenvalue weighted by molar-refractivity contribution is 6.73. The largest absolute Gasteiger partial charge is 0.342 e. The number of nitrogens with one attached hydrogen (secondary N) is 1. The molecule has 0 aromatic heterocycles. The second-order valence-corrected chi connectivity index (χ2v) is 12.9. The van der Waals surface area contributed by atoms with E-state index in [1.165, 1.54) is 0 Å². The van der Waals surface area contributed by atoms with Gasteiger partial charge in [-0.15, -0.1) is 0 Å². The fourth-order valence-electron chi connectivity index (χ4n) is 6.53. The van der Waals surface area contributed by atoms with Crippen molar-refractivity contribution in [2.75, 3.05) is 13.1 Å². The highest BCUT2D eigenvalue weighted by Gasteiger charge is 2.50. The van der Waals surface area contributed by atoms with E-state index in [0.29, 0.717) is 24.0 Å². The predicted octanol–water partition coefficient (Wildman–Crippen LogP) is 7.47. The summed E-state index contributed by atoms with van der Waals surface area (Å²) in [5, 5.41) is 3.18. The summed E-state index contributed by atoms with van der Waals surface area (Å²) < 4.78 is 0. The van der Waals surface area contributed by atoms with Crippen LogP contribution in [0.2, 0.25) is 0 Å². The summed E-state index contributed by atoms with van der Waals surface area (Å²) in [7, 11) is 1.57. The number of Topliss-reactive ketones (excluding diaryl/α,β-unsaturated/α-hetero) is 2. The molecule has 0 aliphatic heterocycles. The molecule has 0 saturated carbocycles. The van der Waals surface area contributed by atoms with Crippen molar-refractivity contribution in [3.63, 3.8) is 0 Å². The summed E-state index contributed by atoms with van der Waals surface area (Å²) >= 11 is 0. The third-order valence-electron chi connectivity index (χ3n) is 10.5. The van der Waals surface area contributed by atoms with Gasteiger partial charge in [0.15, 0.2) is 0 Å². The molecule has 1 N–H and O–H groups in total. The van der Waals surface area contributed by atoms with E-state index in [4.69, 9.17) is 0 Å². The van der Waals surface area contributed by atoms with Crippen LogP contribution < -0.4 is 5.23 Å². The lowest BCUT2D eigenvalue weighted by Gasteiger charge is -2.53. The Bertz CT molecular complexity index is 770. The molecule has 6 atom stereocenters. The molecule has 0 amide bonds. The SMILES string of the molecule is CCC(CC)C(=O)C(CC)CC(C)CC(C)CN(CC)C(C)(CC)C(C)(CC)C(=O)[B]NC(C)(CC)C(C)=O. The Labute approximate surface area is 243 Å². The molecule has 0 aliphatic rings. The number of ketones is 2. The highest BCUT2D eigenvalue weighted by Crippen LogP contribution is 2.43. The molecule has 0 aromatic carbocycles. The minimum Gasteiger partial charge on any atom is -0.342 e. The van der Waals surface area contributed by atoms with Crippen molar-refractivity contribution in [3.8, 4) is 0 Å². The van der Waals surface area contributed by atoms with Gasteiger partial charge in [-0.1, -0.05) is 69.2 Å². The second kappa shape index (κ2) is 17.1. The van der Waals surface area contributed by atoms with E-state index in [2.05, 4.69) is 79.4 Å². The molecule has 0 spiro atoms. The van der Waals surface area contributed by atoms with Crippen LogP contribution in [0.5, 0.6) is 0 Å². The van der Waals surface area contributed by atoms with Crippen molar-refractivity contribution < 1.29 is 14.4 Å². The molecule has 6 heteroatoms. The number of rotatable bonds is 22. The maximum absolute atomic E-state index is 13.8. The monoisotopic (exact) mass is 548 g/mol. The van der Waals surface area contributed by atoms with Gasteiger partial charge in [-0.2, -0.15) is 0 Å². The van der Waals surface area contributed by atoms with Gasteiger partial charge < -0.3 is 10.0 Å². The van der Waals surface area contributed by atoms with Gasteiger partial charge in [-0.3, -0.25) is 14.5 Å². The average Bonchev–Trinajstić information content (AvgIpc) is 2.92. The van der Waals surface area contributed by atoms with Gasteiger partial charge in [0.25, 0.3) is 7.41 Å². The van der Waals surface area contributed by atoms with Crippen LogP contribution in [-0.2, 0) is 14.4 Å². The summed E-state index contributed by atoms with van der Waals surface area (Å²) in [6, 6.07) is 0. The Balaban J connectivity index is 5.67. The summed E-state index contributed by atoms with van der Waals surface area (Å²) in [6.45, 7) is 29.0. The molecule has 1 radical (unpaired) electrons. The van der Waals surface area contributed by atoms with E-state index in [-0.39, 0.29) is 28.8 Å². The molecule has 5 nitrogen and oxygen atoms in total. The van der Waals surface area contributed by atoms with E-state index in [1.54, 1.807) is 14.3 Å². The first-order valence-electron chi connectivity index (χ1n) is 16.1. The van der Waals surface area contributed by atoms with Crippen molar-refractivity contribution >= 4 is 24.7 Å². The normalized spacial score (nSPS) is 19.1. The van der Waals surface area contributed by atoms with Crippen LogP contribution in [0.3, 0.4) is 0 Å². The van der Waals surface area contributed by atoms with E-state index < -0.39 is 11.0 Å². The maximum Gasteiger partial charge on any atom is 0.296 e. The van der Waals surface area contributed by atoms with E-state index in [1.807, 2.05) is 13.8 Å². The first-order valence-corrected chi connectivity index (χ1v) is 16.1. The van der Waals surface area contributed by atoms with Crippen LogP contribution in [0, 0.1) is 29.1 Å². The summed E-state index contributed by atoms with van der Waals surface area (Å²) in [6.07, 6.45) is 7.02. The van der Waals surface area contributed by atoms with E-state index in [0.717, 1.165) is 58.0 Å². The highest BCUT2D eigenvalue weighted by atomic mass is 16.1. The van der Waals surface area contributed by atoms with Gasteiger partial charge in [0.2, 0.25) is 0 Å². The van der Waals surface area contributed by atoms with Crippen LogP contribution in [0.25, 0.3) is 0 Å². The summed E-state index contributed by atoms with van der Waals surface area (Å²) in [4.78, 5) is 41.6. The lowest BCUT2D eigenvalue weighted by Crippen LogP contribution is -2.63. The van der Waals surface area contributed by atoms with Crippen LogP contribution in [-0.4, -0.2) is 53.7 Å². The zero-order valence-electron chi connectivity index (χ0n) is 28.1. The molecule has 0 fully saturated rings. The van der Waals surface area contributed by atoms with Crippen molar-refractivity contribution in [2.24, 2.45) is 29.1 Å². The first kappa shape index (κ1) is 38.0. The number of carbonyl (C=O) groups is 3. The Morgan fingerprint density at radius 2 is 1.31 bits per heavy atom. The molecule has 227 valence electrons. The molecule has 39 heavy (non-hydrogen) atoms. The van der Waals surface area contributed by atoms with Gasteiger partial charge in [0.05, 0.1) is 5.54 Å². The topological polar surface area (TPSA) is 66.5 Å². The number of hydrogen-bond acceptors (Lipinski definition) is 5. The average molecular weight is 548 g/mol. The molecular weight excluding hydrogens is 483 g/mol. The Morgan fingerprint density at radius 1 is 0.769 bits per heavy atom. The number of carbonyl (C=O) groups excluding carboxylic acids is 3. The van der Waals surface area contributed by atoms with E-state index in [9.17, 15) is 14.4 Å². The van der Waals surface area contributed by atoms with Gasteiger partial charge in [0, 0.05) is 29.3 Å². The molecule has 0 rings (SSSR count). The van der Waals surface area contributed by atoms with Crippen LogP contribution in [0.4, 0.5) is 0 Å². The van der Waals surface area contributed by atoms with Crippen LogP contribution in [0.15, 0.2) is 0 Å². The van der Waals surface area contributed by atoms with E-state index >= 15 is 0 Å². The van der Waals surface area contributed by atoms with Crippen LogP contribution in [0.1, 0.15) is 141 Å². The minimum atomic E-state index is -0.728. The number of nitrogens with zero attached hydrogens (tertiary/aromatic N) is 1. The number of hydrogen-bond donors (Lipinski definition) is 1. The first-order chi connectivity index (χ1) is 18.1. The van der Waals surface area contributed by atoms with Crippen molar-refractivity contribution in [3.05, 3.63) is 0 Å². The Hall–Kier alpha value is -1.01. The third kappa shape index (κ3) is 9.52. The Morgan fingerprint density at radius 3 is 1.69 bits per heavy atom.